The van der Waals surface area contributed by atoms with Gasteiger partial charge in [0.2, 0.25) is 0 Å². The Labute approximate surface area is 477 Å². The first kappa shape index (κ1) is 48.0. The summed E-state index contributed by atoms with van der Waals surface area (Å²) in [4.78, 5) is 25.0. The fourth-order valence-electron chi connectivity index (χ4n) is 12.1. The summed E-state index contributed by atoms with van der Waals surface area (Å²) < 4.78 is 7.14. The molecule has 4 aromatic heterocycles. The third-order valence-corrected chi connectivity index (χ3v) is 15.9. The first-order valence-corrected chi connectivity index (χ1v) is 27.0. The number of benzene rings is 11. The first-order chi connectivity index (χ1) is 40.9. The predicted molar refractivity (Wildman–Crippen MR) is 337 cm³/mol. The Kier molecular flexibility index (Phi) is 11.2. The minimum absolute atomic E-state index is 0.313. The lowest BCUT2D eigenvalue weighted by atomic mass is 9.95. The number of hydrogen-bond acceptors (Lipinski definition) is 2. The summed E-state index contributed by atoms with van der Waals surface area (Å²) in [5, 5.41) is 7.17. The third kappa shape index (κ3) is 7.90. The van der Waals surface area contributed by atoms with E-state index in [9.17, 15) is 0 Å². The fraction of sp³-hybridized carbons (Fsp3) is 0. The molecule has 0 spiro atoms. The van der Waals surface area contributed by atoms with Gasteiger partial charge in [0, 0.05) is 54.9 Å². The molecule has 0 unspecified atom stereocenters. The second-order valence-corrected chi connectivity index (χ2v) is 20.5. The van der Waals surface area contributed by atoms with Crippen LogP contribution in [0.15, 0.2) is 249 Å². The van der Waals surface area contributed by atoms with Gasteiger partial charge >= 0.3 is 0 Å². The Bertz CT molecular complexity index is 4990. The number of nitrogens with zero attached hydrogens (tertiary/aromatic N) is 9. The molecule has 0 fully saturated rings. The maximum Gasteiger partial charge on any atom is 0.187 e. The Morgan fingerprint density at radius 3 is 1.12 bits per heavy atom. The predicted octanol–water partition coefficient (Wildman–Crippen LogP) is 20.3. The van der Waals surface area contributed by atoms with Gasteiger partial charge in [-0.3, -0.25) is 0 Å². The Morgan fingerprint density at radius 2 is 0.651 bits per heavy atom. The second-order valence-electron chi connectivity index (χ2n) is 20.5. The fourth-order valence-corrected chi connectivity index (χ4v) is 12.1. The highest BCUT2D eigenvalue weighted by Crippen LogP contribution is 2.45. The van der Waals surface area contributed by atoms with Crippen molar-refractivity contribution in [1.29, 1.82) is 0 Å². The Hall–Kier alpha value is -12.1. The molecule has 0 bridgehead atoms. The van der Waals surface area contributed by atoms with Crippen LogP contribution in [-0.4, -0.2) is 23.7 Å². The largest absolute Gasteiger partial charge is 0.309 e. The van der Waals surface area contributed by atoms with Crippen molar-refractivity contribution in [3.05, 3.63) is 294 Å². The van der Waals surface area contributed by atoms with Crippen LogP contribution in [-0.2, 0) is 0 Å². The lowest BCUT2D eigenvalue weighted by molar-refractivity contribution is 1.16. The molecule has 0 radical (unpaired) electrons. The van der Waals surface area contributed by atoms with Gasteiger partial charge in [-0.25, -0.2) is 29.3 Å². The van der Waals surface area contributed by atoms with Gasteiger partial charge in [0.05, 0.1) is 70.8 Å². The van der Waals surface area contributed by atoms with Gasteiger partial charge in [-0.05, 0) is 137 Å². The van der Waals surface area contributed by atoms with Crippen molar-refractivity contribution in [3.8, 4) is 73.2 Å². The van der Waals surface area contributed by atoms with E-state index in [0.717, 1.165) is 83.2 Å². The van der Waals surface area contributed by atoms with Crippen LogP contribution in [0.25, 0.3) is 158 Å². The standard InChI is InChI=1S/C74H41N9/c1-75-52-17-13-15-49(39-52)63-45-64(80-74(79-63)50-16-14-18-53(40-50)76-2)51-41-65(77-3)73(66(42-51)78-4)48-29-27-46(28-30-48)47-31-33-54(34-32-47)81-71-37-35-55(82-67-23-9-5-19-57(67)58-20-6-10-24-68(58)82)43-61(71)62-44-56(36-38-72(62)81)83-69-25-11-7-21-59(69)60-22-8-12-26-70(60)83/h5-45H. The average Bonchev–Trinajstić information content (AvgIpc) is 4.41. The quantitative estimate of drug-likeness (QED) is 0.142. The number of rotatable bonds is 8. The molecule has 83 heavy (non-hydrogen) atoms. The molecule has 0 aliphatic heterocycles. The van der Waals surface area contributed by atoms with Crippen molar-refractivity contribution in [1.82, 2.24) is 23.7 Å². The molecule has 0 amide bonds. The van der Waals surface area contributed by atoms with Crippen LogP contribution in [0.5, 0.6) is 0 Å². The van der Waals surface area contributed by atoms with E-state index in [2.05, 4.69) is 191 Å². The molecule has 0 saturated heterocycles. The zero-order chi connectivity index (χ0) is 55.7. The van der Waals surface area contributed by atoms with E-state index in [4.69, 9.17) is 36.3 Å². The topological polar surface area (TPSA) is 58.0 Å². The van der Waals surface area contributed by atoms with Crippen molar-refractivity contribution >= 4 is 88.2 Å². The number of fused-ring (bicyclic) bond motifs is 9. The number of hydrogen-bond donors (Lipinski definition) is 0. The molecule has 0 N–H and O–H groups in total. The van der Waals surface area contributed by atoms with Crippen molar-refractivity contribution in [2.45, 2.75) is 0 Å². The monoisotopic (exact) mass is 1060 g/mol. The van der Waals surface area contributed by atoms with Crippen molar-refractivity contribution in [2.75, 3.05) is 0 Å². The van der Waals surface area contributed by atoms with E-state index in [1.54, 1.807) is 42.5 Å². The van der Waals surface area contributed by atoms with E-state index in [1.807, 2.05) is 48.5 Å². The molecule has 0 aliphatic rings. The van der Waals surface area contributed by atoms with E-state index < -0.39 is 0 Å². The molecule has 0 saturated carbocycles. The zero-order valence-corrected chi connectivity index (χ0v) is 44.2. The molecular formula is C74H41N9. The number of aromatic nitrogens is 5. The van der Waals surface area contributed by atoms with Crippen LogP contribution < -0.4 is 0 Å². The van der Waals surface area contributed by atoms with Gasteiger partial charge in [0.15, 0.2) is 28.6 Å². The molecule has 4 heterocycles. The third-order valence-electron chi connectivity index (χ3n) is 15.9. The smallest absolute Gasteiger partial charge is 0.187 e. The van der Waals surface area contributed by atoms with Crippen molar-refractivity contribution < 1.29 is 0 Å². The maximum absolute atomic E-state index is 8.40. The van der Waals surface area contributed by atoms with Crippen LogP contribution in [0.4, 0.5) is 22.7 Å². The molecule has 15 rings (SSSR count). The SMILES string of the molecule is [C-]#[N+]c1cccc(-c2cc(-c3cc([N+]#[C-])c(-c4ccc(-c5ccc(-n6c7ccc(-n8c9ccccc9c9ccccc98)cc7c7cc(-n8c9ccccc9c9ccccc98)ccc76)cc5)cc4)c([N+]#[C-])c3)nc(-c3cccc([N+]#[C-])c3)n2)c1. The summed E-state index contributed by atoms with van der Waals surface area (Å²) in [5.41, 5.74) is 17.9. The van der Waals surface area contributed by atoms with Crippen LogP contribution in [0.2, 0.25) is 0 Å². The van der Waals surface area contributed by atoms with Gasteiger partial charge in [0.25, 0.3) is 0 Å². The molecule has 0 aliphatic carbocycles. The molecular weight excluding hydrogens is 1010 g/mol. The molecule has 382 valence electrons. The van der Waals surface area contributed by atoms with Crippen LogP contribution in [0.3, 0.4) is 0 Å². The minimum atomic E-state index is 0.313. The van der Waals surface area contributed by atoms with Crippen LogP contribution >= 0.6 is 0 Å². The summed E-state index contributed by atoms with van der Waals surface area (Å²) in [7, 11) is 0. The lowest BCUT2D eigenvalue weighted by Gasteiger charge is -2.14. The highest BCUT2D eigenvalue weighted by atomic mass is 15.0. The zero-order valence-electron chi connectivity index (χ0n) is 44.2. The lowest BCUT2D eigenvalue weighted by Crippen LogP contribution is -1.96. The van der Waals surface area contributed by atoms with Gasteiger partial charge in [-0.1, -0.05) is 146 Å². The first-order valence-electron chi connectivity index (χ1n) is 27.0. The van der Waals surface area contributed by atoms with Gasteiger partial charge in [0.1, 0.15) is 0 Å². The molecule has 11 aromatic carbocycles. The summed E-state index contributed by atoms with van der Waals surface area (Å²) in [6, 6.07) is 84.7. The molecule has 9 nitrogen and oxygen atoms in total. The van der Waals surface area contributed by atoms with Crippen molar-refractivity contribution in [2.24, 2.45) is 0 Å². The minimum Gasteiger partial charge on any atom is -0.309 e. The second kappa shape index (κ2) is 19.3. The normalized spacial score (nSPS) is 11.3. The highest BCUT2D eigenvalue weighted by molar-refractivity contribution is 6.14. The Morgan fingerprint density at radius 1 is 0.265 bits per heavy atom. The summed E-state index contributed by atoms with van der Waals surface area (Å²) in [6.45, 7) is 32.0. The molecule has 9 heteroatoms. The van der Waals surface area contributed by atoms with Crippen LogP contribution in [0, 0.1) is 26.3 Å². The summed E-state index contributed by atoms with van der Waals surface area (Å²) in [6.07, 6.45) is 0. The van der Waals surface area contributed by atoms with Gasteiger partial charge < -0.3 is 13.7 Å². The van der Waals surface area contributed by atoms with E-state index in [0.29, 0.717) is 56.7 Å². The summed E-state index contributed by atoms with van der Waals surface area (Å²) in [5.74, 6) is 0.378. The van der Waals surface area contributed by atoms with E-state index in [1.165, 1.54) is 21.5 Å². The Balaban J connectivity index is 0.810. The average molecular weight is 1060 g/mol. The molecule has 15 aromatic rings. The van der Waals surface area contributed by atoms with Crippen LogP contribution in [0.1, 0.15) is 0 Å². The van der Waals surface area contributed by atoms with E-state index in [-0.39, 0.29) is 0 Å². The molecule has 0 atom stereocenters. The van der Waals surface area contributed by atoms with E-state index >= 15 is 0 Å². The van der Waals surface area contributed by atoms with Gasteiger partial charge in [-0.2, -0.15) is 0 Å². The highest BCUT2D eigenvalue weighted by Gasteiger charge is 2.21. The van der Waals surface area contributed by atoms with Crippen molar-refractivity contribution in [3.63, 3.8) is 0 Å². The summed E-state index contributed by atoms with van der Waals surface area (Å²) >= 11 is 0. The van der Waals surface area contributed by atoms with Gasteiger partial charge in [-0.15, -0.1) is 0 Å². The maximum atomic E-state index is 8.40. The number of para-hydroxylation sites is 4.